The second-order valence-corrected chi connectivity index (χ2v) is 6.12. The van der Waals surface area contributed by atoms with Crippen molar-refractivity contribution >= 4 is 15.7 Å². The number of aliphatic hydroxyl groups is 1. The lowest BCUT2D eigenvalue weighted by molar-refractivity contribution is 0.0453. The van der Waals surface area contributed by atoms with E-state index in [1.807, 2.05) is 0 Å². The Morgan fingerprint density at radius 2 is 2.00 bits per heavy atom. The number of aliphatic hydroxyl groups excluding tert-OH is 1. The van der Waals surface area contributed by atoms with Crippen LogP contribution in [0.4, 0.5) is 5.69 Å². The van der Waals surface area contributed by atoms with Crippen LogP contribution in [0, 0.1) is 5.92 Å². The fourth-order valence-corrected chi connectivity index (χ4v) is 3.14. The summed E-state index contributed by atoms with van der Waals surface area (Å²) in [5.41, 5.74) is 5.87. The molecule has 1 aromatic rings. The molecule has 0 aromatic heterocycles. The first-order chi connectivity index (χ1) is 7.99. The summed E-state index contributed by atoms with van der Waals surface area (Å²) in [4.78, 5) is 0.111. The third-order valence-electron chi connectivity index (χ3n) is 2.98. The molecule has 1 aromatic carbocycles. The fourth-order valence-electron chi connectivity index (χ4n) is 1.90. The second kappa shape index (κ2) is 4.64. The van der Waals surface area contributed by atoms with E-state index in [4.69, 9.17) is 10.8 Å². The number of para-hydroxylation sites is 1. The van der Waals surface area contributed by atoms with Crippen molar-refractivity contribution in [3.05, 3.63) is 24.3 Å². The molecule has 1 aliphatic carbocycles. The Morgan fingerprint density at radius 3 is 2.59 bits per heavy atom. The predicted molar refractivity (Wildman–Crippen MR) is 64.8 cm³/mol. The van der Waals surface area contributed by atoms with Crippen LogP contribution in [0.2, 0.25) is 0 Å². The number of hydrogen-bond donors (Lipinski definition) is 3. The maximum absolute atomic E-state index is 11.9. The summed E-state index contributed by atoms with van der Waals surface area (Å²) < 4.78 is 26.4. The molecule has 1 fully saturated rings. The smallest absolute Gasteiger partial charge is 0.242 e. The molecule has 1 aliphatic rings. The van der Waals surface area contributed by atoms with E-state index < -0.39 is 10.0 Å². The predicted octanol–water partition coefficient (Wildman–Crippen LogP) is 0.318. The lowest BCUT2D eigenvalue weighted by Crippen LogP contribution is -2.38. The Bertz CT molecular complexity index is 495. The van der Waals surface area contributed by atoms with Crippen LogP contribution in [0.15, 0.2) is 29.2 Å². The molecule has 6 heteroatoms. The zero-order chi connectivity index (χ0) is 12.5. The van der Waals surface area contributed by atoms with Crippen molar-refractivity contribution in [2.24, 2.45) is 5.92 Å². The summed E-state index contributed by atoms with van der Waals surface area (Å²) in [6, 6.07) is 6.36. The number of sulfonamides is 1. The molecule has 94 valence electrons. The van der Waals surface area contributed by atoms with Gasteiger partial charge in [-0.15, -0.1) is 0 Å². The molecule has 0 amide bonds. The van der Waals surface area contributed by atoms with Gasteiger partial charge in [0.15, 0.2) is 0 Å². The summed E-state index contributed by atoms with van der Waals surface area (Å²) in [5.74, 6) is 0.227. The molecule has 0 unspecified atom stereocenters. The minimum absolute atomic E-state index is 0.111. The van der Waals surface area contributed by atoms with Crippen LogP contribution in [-0.4, -0.2) is 26.2 Å². The number of nitrogens with one attached hydrogen (secondary N) is 1. The molecule has 0 radical (unpaired) electrons. The standard InChI is InChI=1S/C11H16N2O3S/c12-10-3-1-2-4-11(10)17(15,16)13-7-8-5-9(14)6-8/h1-4,8-9,13-14H,5-7,12H2. The largest absolute Gasteiger partial charge is 0.398 e. The first kappa shape index (κ1) is 12.3. The van der Waals surface area contributed by atoms with Crippen LogP contribution < -0.4 is 10.5 Å². The van der Waals surface area contributed by atoms with Gasteiger partial charge in [-0.2, -0.15) is 0 Å². The van der Waals surface area contributed by atoms with Crippen molar-refractivity contribution in [3.8, 4) is 0 Å². The number of hydrogen-bond acceptors (Lipinski definition) is 4. The van der Waals surface area contributed by atoms with Crippen LogP contribution in [0.25, 0.3) is 0 Å². The van der Waals surface area contributed by atoms with Crippen LogP contribution in [0.3, 0.4) is 0 Å². The molecular weight excluding hydrogens is 240 g/mol. The van der Waals surface area contributed by atoms with E-state index in [1.165, 1.54) is 6.07 Å². The quantitative estimate of drug-likeness (QED) is 0.676. The van der Waals surface area contributed by atoms with Gasteiger partial charge in [0.05, 0.1) is 11.8 Å². The van der Waals surface area contributed by atoms with Crippen LogP contribution in [0.1, 0.15) is 12.8 Å². The average Bonchev–Trinajstić information content (AvgIpc) is 2.23. The molecule has 17 heavy (non-hydrogen) atoms. The molecule has 0 heterocycles. The van der Waals surface area contributed by atoms with Gasteiger partial charge in [-0.05, 0) is 30.9 Å². The SMILES string of the molecule is Nc1ccccc1S(=O)(=O)NCC1CC(O)C1. The molecule has 0 spiro atoms. The van der Waals surface area contributed by atoms with Gasteiger partial charge in [-0.25, -0.2) is 13.1 Å². The first-order valence-corrected chi connectivity index (χ1v) is 6.99. The van der Waals surface area contributed by atoms with E-state index in [1.54, 1.807) is 18.2 Å². The molecule has 2 rings (SSSR count). The summed E-state index contributed by atoms with van der Waals surface area (Å²) >= 11 is 0. The third kappa shape index (κ3) is 2.77. The minimum Gasteiger partial charge on any atom is -0.398 e. The molecule has 0 aliphatic heterocycles. The van der Waals surface area contributed by atoms with E-state index in [2.05, 4.69) is 4.72 Å². The zero-order valence-electron chi connectivity index (χ0n) is 9.33. The normalized spacial score (nSPS) is 24.3. The van der Waals surface area contributed by atoms with E-state index in [0.717, 1.165) is 0 Å². The summed E-state index contributed by atoms with van der Waals surface area (Å²) in [6.45, 7) is 0.355. The van der Waals surface area contributed by atoms with E-state index >= 15 is 0 Å². The Balaban J connectivity index is 2.02. The first-order valence-electron chi connectivity index (χ1n) is 5.51. The van der Waals surface area contributed by atoms with Gasteiger partial charge in [-0.1, -0.05) is 12.1 Å². The molecule has 0 atom stereocenters. The van der Waals surface area contributed by atoms with Crippen molar-refractivity contribution in [3.63, 3.8) is 0 Å². The van der Waals surface area contributed by atoms with Crippen molar-refractivity contribution in [2.75, 3.05) is 12.3 Å². The number of rotatable bonds is 4. The van der Waals surface area contributed by atoms with Crippen molar-refractivity contribution in [2.45, 2.75) is 23.8 Å². The number of benzene rings is 1. The molecule has 1 saturated carbocycles. The highest BCUT2D eigenvalue weighted by Gasteiger charge is 2.28. The summed E-state index contributed by atoms with van der Waals surface area (Å²) in [6.07, 6.45) is 1.05. The van der Waals surface area contributed by atoms with E-state index in [0.29, 0.717) is 19.4 Å². The number of nitrogens with two attached hydrogens (primary N) is 1. The van der Waals surface area contributed by atoms with Gasteiger partial charge >= 0.3 is 0 Å². The third-order valence-corrected chi connectivity index (χ3v) is 4.48. The van der Waals surface area contributed by atoms with Gasteiger partial charge in [0.2, 0.25) is 10.0 Å². The van der Waals surface area contributed by atoms with Crippen molar-refractivity contribution in [1.29, 1.82) is 0 Å². The molecular formula is C11H16N2O3S. The summed E-state index contributed by atoms with van der Waals surface area (Å²) in [7, 11) is -3.54. The lowest BCUT2D eigenvalue weighted by atomic mass is 9.83. The Morgan fingerprint density at radius 1 is 1.35 bits per heavy atom. The lowest BCUT2D eigenvalue weighted by Gasteiger charge is -2.31. The zero-order valence-corrected chi connectivity index (χ0v) is 10.2. The van der Waals surface area contributed by atoms with Crippen molar-refractivity contribution in [1.82, 2.24) is 4.72 Å². The number of anilines is 1. The maximum Gasteiger partial charge on any atom is 0.242 e. The fraction of sp³-hybridized carbons (Fsp3) is 0.455. The van der Waals surface area contributed by atoms with Gasteiger partial charge in [0.1, 0.15) is 4.90 Å². The minimum atomic E-state index is -3.54. The maximum atomic E-state index is 11.9. The number of nitrogen functional groups attached to an aromatic ring is 1. The topological polar surface area (TPSA) is 92.4 Å². The second-order valence-electron chi connectivity index (χ2n) is 4.38. The average molecular weight is 256 g/mol. The van der Waals surface area contributed by atoms with E-state index in [-0.39, 0.29) is 22.6 Å². The summed E-state index contributed by atoms with van der Waals surface area (Å²) in [5, 5.41) is 9.11. The monoisotopic (exact) mass is 256 g/mol. The van der Waals surface area contributed by atoms with Crippen LogP contribution in [-0.2, 0) is 10.0 Å². The molecule has 5 nitrogen and oxygen atoms in total. The highest BCUT2D eigenvalue weighted by Crippen LogP contribution is 2.27. The molecule has 4 N–H and O–H groups in total. The highest BCUT2D eigenvalue weighted by molar-refractivity contribution is 7.89. The van der Waals surface area contributed by atoms with Crippen LogP contribution >= 0.6 is 0 Å². The van der Waals surface area contributed by atoms with Gasteiger partial charge in [-0.3, -0.25) is 0 Å². The highest BCUT2D eigenvalue weighted by atomic mass is 32.2. The Kier molecular flexibility index (Phi) is 3.37. The van der Waals surface area contributed by atoms with Crippen LogP contribution in [0.5, 0.6) is 0 Å². The van der Waals surface area contributed by atoms with Gasteiger partial charge < -0.3 is 10.8 Å². The Labute approximate surface area is 101 Å². The molecule has 0 saturated heterocycles. The molecule has 0 bridgehead atoms. The van der Waals surface area contributed by atoms with Gasteiger partial charge in [0, 0.05) is 6.54 Å². The van der Waals surface area contributed by atoms with Crippen molar-refractivity contribution < 1.29 is 13.5 Å². The van der Waals surface area contributed by atoms with Gasteiger partial charge in [0.25, 0.3) is 0 Å². The van der Waals surface area contributed by atoms with E-state index in [9.17, 15) is 8.42 Å². The Hall–Kier alpha value is -1.11.